The van der Waals surface area contributed by atoms with Crippen molar-refractivity contribution < 1.29 is 18.0 Å². The van der Waals surface area contributed by atoms with Gasteiger partial charge in [-0.15, -0.1) is 0 Å². The molecule has 0 spiro atoms. The van der Waals surface area contributed by atoms with Gasteiger partial charge in [0, 0.05) is 24.8 Å². The molecule has 11 heteroatoms. The maximum absolute atomic E-state index is 13.4. The Hall–Kier alpha value is -3.63. The van der Waals surface area contributed by atoms with Crippen LogP contribution in [0.25, 0.3) is 0 Å². The summed E-state index contributed by atoms with van der Waals surface area (Å²) in [5, 5.41) is 10.2. The normalized spacial score (nSPS) is 17.7. The molecule has 2 aliphatic rings. The average molecular weight is 457 g/mol. The van der Waals surface area contributed by atoms with Crippen LogP contribution in [-0.2, 0) is 17.9 Å². The lowest BCUT2D eigenvalue weighted by molar-refractivity contribution is -0.117. The lowest BCUT2D eigenvalue weighted by Crippen LogP contribution is -2.48. The van der Waals surface area contributed by atoms with Gasteiger partial charge in [0.15, 0.2) is 23.3 Å². The Balaban J connectivity index is 1.27. The fraction of sp³-hybridized carbons (Fsp3) is 0.364. The fourth-order valence-corrected chi connectivity index (χ4v) is 4.27. The molecule has 2 aliphatic heterocycles. The molecule has 172 valence electrons. The molecule has 0 aliphatic carbocycles. The molecule has 2 N–H and O–H groups in total. The minimum absolute atomic E-state index is 0.0120. The first-order valence-corrected chi connectivity index (χ1v) is 10.8. The molecule has 0 radical (unpaired) electrons. The van der Waals surface area contributed by atoms with Crippen LogP contribution >= 0.6 is 0 Å². The number of anilines is 3. The zero-order valence-corrected chi connectivity index (χ0v) is 17.7. The second-order valence-electron chi connectivity index (χ2n) is 8.25. The second kappa shape index (κ2) is 8.72. The van der Waals surface area contributed by atoms with Gasteiger partial charge in [0.1, 0.15) is 11.7 Å². The predicted molar refractivity (Wildman–Crippen MR) is 115 cm³/mol. The number of carbonyl (C=O) groups excluding carboxylic acids is 1. The van der Waals surface area contributed by atoms with Crippen molar-refractivity contribution in [2.24, 2.45) is 0 Å². The van der Waals surface area contributed by atoms with Gasteiger partial charge in [0.25, 0.3) is 0 Å². The van der Waals surface area contributed by atoms with Gasteiger partial charge in [-0.1, -0.05) is 12.8 Å². The summed E-state index contributed by atoms with van der Waals surface area (Å²) < 4.78 is 41.5. The van der Waals surface area contributed by atoms with Crippen LogP contribution in [-0.4, -0.2) is 38.2 Å². The molecule has 0 saturated carbocycles. The van der Waals surface area contributed by atoms with E-state index in [0.717, 1.165) is 55.7 Å². The van der Waals surface area contributed by atoms with E-state index in [1.165, 1.54) is 4.68 Å². The number of fused-ring (bicyclic) bond motifs is 3. The minimum Gasteiger partial charge on any atom is -0.350 e. The van der Waals surface area contributed by atoms with Crippen LogP contribution in [0.5, 0.6) is 0 Å². The van der Waals surface area contributed by atoms with E-state index in [4.69, 9.17) is 0 Å². The van der Waals surface area contributed by atoms with Crippen LogP contribution in [0.2, 0.25) is 0 Å². The molecule has 5 rings (SSSR count). The van der Waals surface area contributed by atoms with Gasteiger partial charge < -0.3 is 15.5 Å². The van der Waals surface area contributed by atoms with Gasteiger partial charge in [-0.05, 0) is 30.5 Å². The van der Waals surface area contributed by atoms with Crippen molar-refractivity contribution in [3.63, 3.8) is 0 Å². The Bertz CT molecular complexity index is 1180. The quantitative estimate of drug-likeness (QED) is 0.571. The van der Waals surface area contributed by atoms with Crippen LogP contribution in [0.4, 0.5) is 30.6 Å². The maximum Gasteiger partial charge on any atom is 0.247 e. The summed E-state index contributed by atoms with van der Waals surface area (Å²) in [7, 11) is 0. The molecule has 3 aromatic rings. The molecule has 2 aromatic heterocycles. The Morgan fingerprint density at radius 2 is 1.91 bits per heavy atom. The molecule has 1 saturated heterocycles. The number of halogens is 3. The van der Waals surface area contributed by atoms with Crippen molar-refractivity contribution in [3.05, 3.63) is 59.3 Å². The number of carbonyl (C=O) groups is 1. The number of hydrogen-bond acceptors (Lipinski definition) is 6. The van der Waals surface area contributed by atoms with Crippen molar-refractivity contribution >= 4 is 23.4 Å². The van der Waals surface area contributed by atoms with E-state index in [2.05, 4.69) is 30.6 Å². The molecule has 1 atom stereocenters. The highest BCUT2D eigenvalue weighted by molar-refractivity contribution is 6.02. The summed E-state index contributed by atoms with van der Waals surface area (Å²) in [6.45, 7) is 1.25. The zero-order valence-electron chi connectivity index (χ0n) is 17.7. The maximum atomic E-state index is 13.4. The van der Waals surface area contributed by atoms with Gasteiger partial charge in [-0.25, -0.2) is 18.2 Å². The number of amides is 1. The topological polar surface area (TPSA) is 88.0 Å². The number of nitrogens with one attached hydrogen (secondary N) is 2. The van der Waals surface area contributed by atoms with Gasteiger partial charge in [-0.3, -0.25) is 9.48 Å². The van der Waals surface area contributed by atoms with Crippen LogP contribution in [0.15, 0.2) is 30.7 Å². The average Bonchev–Trinajstić information content (AvgIpc) is 3.08. The Morgan fingerprint density at radius 3 is 2.73 bits per heavy atom. The molecule has 1 fully saturated rings. The van der Waals surface area contributed by atoms with Gasteiger partial charge in [0.05, 0.1) is 18.9 Å². The van der Waals surface area contributed by atoms with Gasteiger partial charge >= 0.3 is 0 Å². The van der Waals surface area contributed by atoms with E-state index >= 15 is 0 Å². The third-order valence-electron chi connectivity index (χ3n) is 5.88. The highest BCUT2D eigenvalue weighted by Gasteiger charge is 2.35. The summed E-state index contributed by atoms with van der Waals surface area (Å²) >= 11 is 0. The van der Waals surface area contributed by atoms with Crippen molar-refractivity contribution in [1.29, 1.82) is 0 Å². The smallest absolute Gasteiger partial charge is 0.247 e. The summed E-state index contributed by atoms with van der Waals surface area (Å²) in [6, 6.07) is 1.70. The molecule has 33 heavy (non-hydrogen) atoms. The number of hydrogen-bond donors (Lipinski definition) is 2. The van der Waals surface area contributed by atoms with Crippen molar-refractivity contribution in [3.8, 4) is 0 Å². The first-order valence-electron chi connectivity index (χ1n) is 10.8. The summed E-state index contributed by atoms with van der Waals surface area (Å²) in [5.41, 5.74) is 1.68. The predicted octanol–water partition coefficient (Wildman–Crippen LogP) is 3.45. The molecule has 4 heterocycles. The van der Waals surface area contributed by atoms with E-state index in [1.54, 1.807) is 18.6 Å². The van der Waals surface area contributed by atoms with E-state index in [9.17, 15) is 18.0 Å². The van der Waals surface area contributed by atoms with E-state index < -0.39 is 17.5 Å². The zero-order chi connectivity index (χ0) is 22.9. The summed E-state index contributed by atoms with van der Waals surface area (Å²) in [5.74, 6) is -2.82. The second-order valence-corrected chi connectivity index (χ2v) is 8.25. The third-order valence-corrected chi connectivity index (χ3v) is 5.88. The van der Waals surface area contributed by atoms with E-state index in [0.29, 0.717) is 18.2 Å². The number of benzene rings is 1. The number of rotatable bonds is 5. The summed E-state index contributed by atoms with van der Waals surface area (Å²) in [4.78, 5) is 23.4. The third kappa shape index (κ3) is 4.35. The molecule has 1 unspecified atom stereocenters. The number of aromatic nitrogens is 4. The number of nitrogens with zero attached hydrogens (tertiary/aromatic N) is 5. The SMILES string of the molecule is O=C1Nc2cnc(NCc3cnn(Cc4cc(F)c(F)c(F)c4)c3)nc2N2CCCCCC12. The molecule has 1 aromatic carbocycles. The Labute approximate surface area is 187 Å². The Kier molecular flexibility index (Phi) is 5.61. The highest BCUT2D eigenvalue weighted by atomic mass is 19.2. The van der Waals surface area contributed by atoms with Crippen LogP contribution < -0.4 is 15.5 Å². The first-order chi connectivity index (χ1) is 16.0. The lowest BCUT2D eigenvalue weighted by Gasteiger charge is -2.35. The monoisotopic (exact) mass is 457 g/mol. The highest BCUT2D eigenvalue weighted by Crippen LogP contribution is 2.34. The minimum atomic E-state index is -1.49. The largest absolute Gasteiger partial charge is 0.350 e. The van der Waals surface area contributed by atoms with Gasteiger partial charge in [-0.2, -0.15) is 10.1 Å². The molecule has 1 amide bonds. The van der Waals surface area contributed by atoms with Gasteiger partial charge in [0.2, 0.25) is 11.9 Å². The van der Waals surface area contributed by atoms with Crippen LogP contribution in [0.1, 0.15) is 36.8 Å². The standard InChI is InChI=1S/C22H22F3N7O/c23-15-6-13(7-16(24)19(15)25)11-31-12-14(9-28-31)8-26-22-27-10-17-20(30-22)32-5-3-1-2-4-18(32)21(33)29-17/h6-7,9-10,12,18H,1-5,8,11H2,(H,29,33)(H,26,27,30). The lowest BCUT2D eigenvalue weighted by atomic mass is 10.1. The first kappa shape index (κ1) is 21.2. The molecular weight excluding hydrogens is 435 g/mol. The van der Waals surface area contributed by atoms with E-state index in [-0.39, 0.29) is 24.1 Å². The Morgan fingerprint density at radius 1 is 1.09 bits per heavy atom. The van der Waals surface area contributed by atoms with Crippen LogP contribution in [0.3, 0.4) is 0 Å². The van der Waals surface area contributed by atoms with Crippen molar-refractivity contribution in [2.45, 2.75) is 44.8 Å². The van der Waals surface area contributed by atoms with Crippen molar-refractivity contribution in [2.75, 3.05) is 22.1 Å². The molecule has 0 bridgehead atoms. The van der Waals surface area contributed by atoms with Crippen molar-refractivity contribution in [1.82, 2.24) is 19.7 Å². The summed E-state index contributed by atoms with van der Waals surface area (Å²) in [6.07, 6.45) is 8.86. The fourth-order valence-electron chi connectivity index (χ4n) is 4.27. The van der Waals surface area contributed by atoms with Crippen LogP contribution in [0, 0.1) is 17.5 Å². The van der Waals surface area contributed by atoms with E-state index in [1.807, 2.05) is 0 Å². The molecule has 8 nitrogen and oxygen atoms in total. The molecular formula is C22H22F3N7O.